The minimum Gasteiger partial charge on any atom is -0.454 e. The zero-order valence-corrected chi connectivity index (χ0v) is 16.4. The third-order valence-corrected chi connectivity index (χ3v) is 6.35. The third-order valence-electron chi connectivity index (χ3n) is 4.78. The van der Waals surface area contributed by atoms with Crippen molar-refractivity contribution >= 4 is 35.0 Å². The number of carbonyl (C=O) groups is 1. The van der Waals surface area contributed by atoms with Crippen LogP contribution in [-0.2, 0) is 0 Å². The Kier molecular flexibility index (Phi) is 5.32. The van der Waals surface area contributed by atoms with Gasteiger partial charge in [-0.15, -0.1) is 0 Å². The Labute approximate surface area is 170 Å². The van der Waals surface area contributed by atoms with Crippen LogP contribution in [0, 0.1) is 10.1 Å². The van der Waals surface area contributed by atoms with Crippen molar-refractivity contribution in [2.45, 2.75) is 11.7 Å². The van der Waals surface area contributed by atoms with Crippen molar-refractivity contribution in [1.82, 2.24) is 4.90 Å². The molecule has 2 aromatic carbocycles. The molecule has 0 N–H and O–H groups in total. The molecule has 0 bridgehead atoms. The lowest BCUT2D eigenvalue weighted by atomic mass is 10.1. The fourth-order valence-electron chi connectivity index (χ4n) is 3.36. The van der Waals surface area contributed by atoms with E-state index < -0.39 is 4.92 Å². The van der Waals surface area contributed by atoms with E-state index in [-0.39, 0.29) is 29.2 Å². The molecule has 7 nitrogen and oxygen atoms in total. The topological polar surface area (TPSA) is 81.9 Å². The third kappa shape index (κ3) is 3.74. The molecule has 2 heterocycles. The van der Waals surface area contributed by atoms with Gasteiger partial charge in [-0.3, -0.25) is 14.9 Å². The molecule has 0 spiro atoms. The number of thioether (sulfide) groups is 1. The summed E-state index contributed by atoms with van der Waals surface area (Å²) in [6, 6.07) is 9.97. The Morgan fingerprint density at radius 1 is 1.18 bits per heavy atom. The number of nitro benzene ring substituents is 1. The van der Waals surface area contributed by atoms with Gasteiger partial charge in [-0.2, -0.15) is 11.8 Å². The Bertz CT molecular complexity index is 939. The van der Waals surface area contributed by atoms with E-state index in [1.807, 2.05) is 18.2 Å². The normalized spacial score (nSPS) is 18.6. The zero-order valence-electron chi connectivity index (χ0n) is 14.8. The molecule has 2 aliphatic rings. The molecule has 0 aromatic heterocycles. The van der Waals surface area contributed by atoms with Gasteiger partial charge in [0.2, 0.25) is 6.79 Å². The second-order valence-corrected chi connectivity index (χ2v) is 8.22. The second kappa shape index (κ2) is 7.89. The molecule has 9 heteroatoms. The smallest absolute Gasteiger partial charge is 0.282 e. The molecule has 2 aromatic rings. The maximum Gasteiger partial charge on any atom is 0.282 e. The van der Waals surface area contributed by atoms with Crippen molar-refractivity contribution in [3.05, 3.63) is 62.7 Å². The number of halogens is 1. The van der Waals surface area contributed by atoms with Crippen LogP contribution < -0.4 is 9.47 Å². The summed E-state index contributed by atoms with van der Waals surface area (Å²) in [7, 11) is 0. The van der Waals surface area contributed by atoms with Crippen LogP contribution in [0.1, 0.15) is 27.6 Å². The molecule has 1 unspecified atom stereocenters. The van der Waals surface area contributed by atoms with Crippen molar-refractivity contribution in [2.75, 3.05) is 25.6 Å². The average molecular weight is 421 g/mol. The minimum atomic E-state index is -0.550. The van der Waals surface area contributed by atoms with Crippen LogP contribution in [0.2, 0.25) is 5.02 Å². The van der Waals surface area contributed by atoms with Crippen molar-refractivity contribution in [3.8, 4) is 11.5 Å². The van der Waals surface area contributed by atoms with E-state index in [2.05, 4.69) is 0 Å². The van der Waals surface area contributed by atoms with Gasteiger partial charge in [0.25, 0.3) is 11.6 Å². The predicted molar refractivity (Wildman–Crippen MR) is 106 cm³/mol. The molecule has 28 heavy (non-hydrogen) atoms. The number of fused-ring (bicyclic) bond motifs is 1. The predicted octanol–water partition coefficient (Wildman–Crippen LogP) is 4.30. The summed E-state index contributed by atoms with van der Waals surface area (Å²) in [5.74, 6) is 1.86. The lowest BCUT2D eigenvalue weighted by Gasteiger charge is -2.20. The number of rotatable bonds is 3. The average Bonchev–Trinajstić information content (AvgIpc) is 3.02. The molecular formula is C19H17ClN2O5S. The summed E-state index contributed by atoms with van der Waals surface area (Å²) in [6.45, 7) is 1.26. The number of nitro groups is 1. The van der Waals surface area contributed by atoms with Gasteiger partial charge in [-0.25, -0.2) is 0 Å². The van der Waals surface area contributed by atoms with Crippen molar-refractivity contribution in [2.24, 2.45) is 0 Å². The summed E-state index contributed by atoms with van der Waals surface area (Å²) in [5.41, 5.74) is 0.930. The number of nitrogens with zero attached hydrogens (tertiary/aromatic N) is 2. The van der Waals surface area contributed by atoms with Gasteiger partial charge in [0.15, 0.2) is 11.5 Å². The highest BCUT2D eigenvalue weighted by Crippen LogP contribution is 2.40. The molecule has 2 aliphatic heterocycles. The standard InChI is InChI=1S/C19H17ClN2O5S/c20-13-2-3-15(22(24)25)14(10-13)19(23)21-6-5-18(28-8-7-21)12-1-4-16-17(9-12)27-11-26-16/h1-4,9-10,18H,5-8,11H2. The van der Waals surface area contributed by atoms with Crippen LogP contribution in [0.4, 0.5) is 5.69 Å². The second-order valence-electron chi connectivity index (χ2n) is 6.47. The van der Waals surface area contributed by atoms with Crippen LogP contribution in [0.25, 0.3) is 0 Å². The highest BCUT2D eigenvalue weighted by molar-refractivity contribution is 7.99. The monoisotopic (exact) mass is 420 g/mol. The van der Waals surface area contributed by atoms with Crippen molar-refractivity contribution in [3.63, 3.8) is 0 Å². The lowest BCUT2D eigenvalue weighted by Crippen LogP contribution is -2.33. The molecule has 0 saturated carbocycles. The van der Waals surface area contributed by atoms with E-state index >= 15 is 0 Å². The summed E-state index contributed by atoms with van der Waals surface area (Å²) >= 11 is 7.73. The van der Waals surface area contributed by atoms with E-state index in [0.29, 0.717) is 18.1 Å². The van der Waals surface area contributed by atoms with Crippen molar-refractivity contribution in [1.29, 1.82) is 0 Å². The quantitative estimate of drug-likeness (QED) is 0.544. The SMILES string of the molecule is O=C(c1cc(Cl)ccc1[N+](=O)[O-])N1CCSC(c2ccc3c(c2)OCO3)CC1. The first-order valence-corrected chi connectivity index (χ1v) is 10.2. The van der Waals surface area contributed by atoms with Gasteiger partial charge in [-0.05, 0) is 36.2 Å². The maximum atomic E-state index is 12.9. The Morgan fingerprint density at radius 3 is 2.82 bits per heavy atom. The van der Waals surface area contributed by atoms with Crippen LogP contribution in [-0.4, -0.2) is 41.4 Å². The summed E-state index contributed by atoms with van der Waals surface area (Å²) in [6.07, 6.45) is 0.740. The van der Waals surface area contributed by atoms with Crippen molar-refractivity contribution < 1.29 is 19.2 Å². The molecule has 0 radical (unpaired) electrons. The number of benzene rings is 2. The highest BCUT2D eigenvalue weighted by Gasteiger charge is 2.28. The van der Waals surface area contributed by atoms with Gasteiger partial charge in [0, 0.05) is 35.2 Å². The Balaban J connectivity index is 1.51. The van der Waals surface area contributed by atoms with E-state index in [9.17, 15) is 14.9 Å². The number of hydrogen-bond donors (Lipinski definition) is 0. The van der Waals surface area contributed by atoms with Gasteiger partial charge in [-0.1, -0.05) is 17.7 Å². The van der Waals surface area contributed by atoms with E-state index in [1.54, 1.807) is 16.7 Å². The first-order chi connectivity index (χ1) is 13.5. The number of amides is 1. The molecule has 146 valence electrons. The lowest BCUT2D eigenvalue weighted by molar-refractivity contribution is -0.385. The molecule has 1 amide bonds. The van der Waals surface area contributed by atoms with E-state index in [1.165, 1.54) is 18.2 Å². The van der Waals surface area contributed by atoms with Crippen LogP contribution in [0.5, 0.6) is 11.5 Å². The number of carbonyl (C=O) groups excluding carboxylic acids is 1. The fourth-order valence-corrected chi connectivity index (χ4v) is 4.76. The molecule has 1 atom stereocenters. The highest BCUT2D eigenvalue weighted by atomic mass is 35.5. The van der Waals surface area contributed by atoms with Gasteiger partial charge >= 0.3 is 0 Å². The fraction of sp³-hybridized carbons (Fsp3) is 0.316. The number of hydrogen-bond acceptors (Lipinski definition) is 6. The van der Waals surface area contributed by atoms with Gasteiger partial charge in [0.1, 0.15) is 5.56 Å². The number of ether oxygens (including phenoxy) is 2. The van der Waals surface area contributed by atoms with Gasteiger partial charge < -0.3 is 14.4 Å². The molecule has 4 rings (SSSR count). The van der Waals surface area contributed by atoms with Gasteiger partial charge in [0.05, 0.1) is 4.92 Å². The zero-order chi connectivity index (χ0) is 19.7. The van der Waals surface area contributed by atoms with Crippen LogP contribution in [0.15, 0.2) is 36.4 Å². The minimum absolute atomic E-state index is 0.0315. The summed E-state index contributed by atoms with van der Waals surface area (Å²) in [5, 5.41) is 11.8. The first-order valence-electron chi connectivity index (χ1n) is 8.77. The first kappa shape index (κ1) is 18.9. The summed E-state index contributed by atoms with van der Waals surface area (Å²) < 4.78 is 10.8. The maximum absolute atomic E-state index is 12.9. The van der Waals surface area contributed by atoms with Crippen LogP contribution >= 0.6 is 23.4 Å². The van der Waals surface area contributed by atoms with E-state index in [4.69, 9.17) is 21.1 Å². The molecular weight excluding hydrogens is 404 g/mol. The van der Waals surface area contributed by atoms with E-state index in [0.717, 1.165) is 29.2 Å². The molecule has 1 saturated heterocycles. The summed E-state index contributed by atoms with van der Waals surface area (Å²) in [4.78, 5) is 25.3. The Hall–Kier alpha value is -2.45. The largest absolute Gasteiger partial charge is 0.454 e. The molecule has 1 fully saturated rings. The Morgan fingerprint density at radius 2 is 2.00 bits per heavy atom. The van der Waals surface area contributed by atoms with Crippen LogP contribution in [0.3, 0.4) is 0 Å². The molecule has 0 aliphatic carbocycles.